The van der Waals surface area contributed by atoms with E-state index in [0.29, 0.717) is 13.0 Å². The molecule has 1 atom stereocenters. The van der Waals surface area contributed by atoms with Gasteiger partial charge in [0.05, 0.1) is 0 Å². The number of nitrogens with zero attached hydrogens (tertiary/aromatic N) is 1. The first-order valence-electron chi connectivity index (χ1n) is 8.54. The zero-order chi connectivity index (χ0) is 17.9. The van der Waals surface area contributed by atoms with Gasteiger partial charge in [0.15, 0.2) is 0 Å². The van der Waals surface area contributed by atoms with Gasteiger partial charge in [0.2, 0.25) is 5.91 Å². The maximum absolute atomic E-state index is 12.7. The quantitative estimate of drug-likeness (QED) is 0.889. The average Bonchev–Trinajstić information content (AvgIpc) is 2.44. The van der Waals surface area contributed by atoms with Gasteiger partial charge in [-0.1, -0.05) is 6.07 Å². The molecule has 0 aliphatic carbocycles. The van der Waals surface area contributed by atoms with E-state index in [9.17, 15) is 9.59 Å². The van der Waals surface area contributed by atoms with Crippen molar-refractivity contribution in [1.29, 1.82) is 0 Å². The Morgan fingerprint density at radius 1 is 1.12 bits per heavy atom. The summed E-state index contributed by atoms with van der Waals surface area (Å²) in [6.45, 7) is 10.0. The van der Waals surface area contributed by atoms with Crippen molar-refractivity contribution in [3.63, 3.8) is 0 Å². The molecule has 1 aliphatic heterocycles. The Bertz CT molecular complexity index is 599. The van der Waals surface area contributed by atoms with Gasteiger partial charge in [-0.3, -0.25) is 9.69 Å². The van der Waals surface area contributed by atoms with E-state index in [1.165, 1.54) is 0 Å². The number of ether oxygens (including phenoxy) is 1. The number of benzene rings is 1. The molecule has 0 radical (unpaired) electrons. The van der Waals surface area contributed by atoms with Crippen LogP contribution < -0.4 is 5.32 Å². The number of likely N-dealkylation sites (tertiary alicyclic amines) is 1. The number of carbonyl (C=O) groups is 2. The summed E-state index contributed by atoms with van der Waals surface area (Å²) in [5.41, 5.74) is 2.39. The molecule has 0 bridgehead atoms. The molecule has 1 fully saturated rings. The first-order chi connectivity index (χ1) is 11.2. The highest BCUT2D eigenvalue weighted by atomic mass is 16.6. The first kappa shape index (κ1) is 18.3. The predicted molar refractivity (Wildman–Crippen MR) is 95.1 cm³/mol. The molecule has 1 aromatic carbocycles. The van der Waals surface area contributed by atoms with Crippen LogP contribution in [-0.2, 0) is 9.53 Å². The van der Waals surface area contributed by atoms with E-state index in [1.54, 1.807) is 4.90 Å². The Kier molecular flexibility index (Phi) is 5.52. The molecule has 1 aromatic rings. The fourth-order valence-corrected chi connectivity index (χ4v) is 3.02. The van der Waals surface area contributed by atoms with Gasteiger partial charge in [-0.25, -0.2) is 4.79 Å². The maximum atomic E-state index is 12.7. The number of hydrogen-bond acceptors (Lipinski definition) is 3. The van der Waals surface area contributed by atoms with Gasteiger partial charge in [0.25, 0.3) is 0 Å². The molecular weight excluding hydrogens is 304 g/mol. The lowest BCUT2D eigenvalue weighted by atomic mass is 10.0. The highest BCUT2D eigenvalue weighted by molar-refractivity contribution is 5.96. The monoisotopic (exact) mass is 332 g/mol. The van der Waals surface area contributed by atoms with E-state index in [1.807, 2.05) is 46.8 Å². The lowest BCUT2D eigenvalue weighted by molar-refractivity contribution is -0.122. The molecule has 1 aliphatic rings. The number of nitrogens with one attached hydrogen (secondary N) is 1. The number of aryl methyl sites for hydroxylation is 2. The molecule has 5 heteroatoms. The molecule has 132 valence electrons. The number of anilines is 1. The molecule has 1 heterocycles. The van der Waals surface area contributed by atoms with Crippen LogP contribution in [0.15, 0.2) is 18.2 Å². The molecule has 24 heavy (non-hydrogen) atoms. The number of piperidine rings is 1. The normalized spacial score (nSPS) is 18.2. The third kappa shape index (κ3) is 4.98. The Morgan fingerprint density at radius 2 is 1.75 bits per heavy atom. The second kappa shape index (κ2) is 7.24. The summed E-state index contributed by atoms with van der Waals surface area (Å²) in [4.78, 5) is 26.7. The number of carbonyl (C=O) groups excluding carboxylic acids is 2. The minimum Gasteiger partial charge on any atom is -0.444 e. The third-order valence-corrected chi connectivity index (χ3v) is 3.92. The first-order valence-corrected chi connectivity index (χ1v) is 8.54. The van der Waals surface area contributed by atoms with Gasteiger partial charge in [-0.2, -0.15) is 0 Å². The second-order valence-corrected chi connectivity index (χ2v) is 7.55. The van der Waals surface area contributed by atoms with Crippen molar-refractivity contribution in [1.82, 2.24) is 4.90 Å². The van der Waals surface area contributed by atoms with Crippen LogP contribution in [0.1, 0.15) is 51.2 Å². The SMILES string of the molecule is Cc1cc(C)cc(NC(=O)C2CCCCN2C(=O)OC(C)(C)C)c1. The Hall–Kier alpha value is -2.04. The van der Waals surface area contributed by atoms with Gasteiger partial charge >= 0.3 is 6.09 Å². The third-order valence-electron chi connectivity index (χ3n) is 3.92. The molecule has 1 N–H and O–H groups in total. The molecule has 2 rings (SSSR count). The van der Waals surface area contributed by atoms with Crippen molar-refractivity contribution >= 4 is 17.7 Å². The van der Waals surface area contributed by atoms with Crippen molar-refractivity contribution in [2.45, 2.75) is 65.5 Å². The lowest BCUT2D eigenvalue weighted by Gasteiger charge is -2.35. The number of rotatable bonds is 2. The fourth-order valence-electron chi connectivity index (χ4n) is 3.02. The van der Waals surface area contributed by atoms with Gasteiger partial charge in [0.1, 0.15) is 11.6 Å². The van der Waals surface area contributed by atoms with Crippen LogP contribution in [0.25, 0.3) is 0 Å². The van der Waals surface area contributed by atoms with Gasteiger partial charge in [0, 0.05) is 12.2 Å². The van der Waals surface area contributed by atoms with E-state index < -0.39 is 17.7 Å². The van der Waals surface area contributed by atoms with Crippen LogP contribution in [0.5, 0.6) is 0 Å². The minimum atomic E-state index is -0.566. The molecule has 0 saturated carbocycles. The Morgan fingerprint density at radius 3 is 2.33 bits per heavy atom. The summed E-state index contributed by atoms with van der Waals surface area (Å²) in [5.74, 6) is -0.148. The van der Waals surface area contributed by atoms with Crippen LogP contribution in [0.4, 0.5) is 10.5 Å². The topological polar surface area (TPSA) is 58.6 Å². The second-order valence-electron chi connectivity index (χ2n) is 7.55. The lowest BCUT2D eigenvalue weighted by Crippen LogP contribution is -2.51. The highest BCUT2D eigenvalue weighted by Crippen LogP contribution is 2.22. The standard InChI is InChI=1S/C19H28N2O3/c1-13-10-14(2)12-15(11-13)20-17(22)16-8-6-7-9-21(16)18(23)24-19(3,4)5/h10-12,16H,6-9H2,1-5H3,(H,20,22). The van der Waals surface area contributed by atoms with Crippen molar-refractivity contribution in [3.8, 4) is 0 Å². The van der Waals surface area contributed by atoms with Crippen LogP contribution in [-0.4, -0.2) is 35.1 Å². The van der Waals surface area contributed by atoms with Gasteiger partial charge in [-0.05, 0) is 77.1 Å². The summed E-state index contributed by atoms with van der Waals surface area (Å²) in [7, 11) is 0. The number of hydrogen-bond donors (Lipinski definition) is 1. The van der Waals surface area contributed by atoms with Gasteiger partial charge < -0.3 is 10.1 Å². The summed E-state index contributed by atoms with van der Waals surface area (Å²) in [5, 5.41) is 2.95. The predicted octanol–water partition coefficient (Wildman–Crippen LogP) is 4.03. The van der Waals surface area contributed by atoms with Crippen molar-refractivity contribution in [3.05, 3.63) is 29.3 Å². The highest BCUT2D eigenvalue weighted by Gasteiger charge is 2.34. The molecule has 2 amide bonds. The zero-order valence-electron chi connectivity index (χ0n) is 15.3. The van der Waals surface area contributed by atoms with Crippen LogP contribution in [0.3, 0.4) is 0 Å². The van der Waals surface area contributed by atoms with Crippen molar-refractivity contribution in [2.75, 3.05) is 11.9 Å². The van der Waals surface area contributed by atoms with Crippen LogP contribution in [0, 0.1) is 13.8 Å². The van der Waals surface area contributed by atoms with E-state index in [0.717, 1.165) is 29.7 Å². The van der Waals surface area contributed by atoms with E-state index >= 15 is 0 Å². The van der Waals surface area contributed by atoms with Crippen molar-refractivity contribution in [2.24, 2.45) is 0 Å². The van der Waals surface area contributed by atoms with Crippen LogP contribution >= 0.6 is 0 Å². The van der Waals surface area contributed by atoms with E-state index in [-0.39, 0.29) is 5.91 Å². The molecule has 5 nitrogen and oxygen atoms in total. The maximum Gasteiger partial charge on any atom is 0.410 e. The molecule has 1 saturated heterocycles. The zero-order valence-corrected chi connectivity index (χ0v) is 15.3. The summed E-state index contributed by atoms with van der Waals surface area (Å²) in [6, 6.07) is 5.45. The smallest absolute Gasteiger partial charge is 0.410 e. The van der Waals surface area contributed by atoms with Crippen molar-refractivity contribution < 1.29 is 14.3 Å². The molecule has 0 aromatic heterocycles. The summed E-state index contributed by atoms with van der Waals surface area (Å²) in [6.07, 6.45) is 2.08. The minimum absolute atomic E-state index is 0.148. The average molecular weight is 332 g/mol. The summed E-state index contributed by atoms with van der Waals surface area (Å²) >= 11 is 0. The molecular formula is C19H28N2O3. The Labute approximate surface area is 144 Å². The molecule has 0 spiro atoms. The largest absolute Gasteiger partial charge is 0.444 e. The molecule has 1 unspecified atom stereocenters. The Balaban J connectivity index is 2.11. The van der Waals surface area contributed by atoms with Crippen LogP contribution in [0.2, 0.25) is 0 Å². The van der Waals surface area contributed by atoms with E-state index in [4.69, 9.17) is 4.74 Å². The number of amides is 2. The van der Waals surface area contributed by atoms with E-state index in [2.05, 4.69) is 11.4 Å². The summed E-state index contributed by atoms with van der Waals surface area (Å²) < 4.78 is 5.45. The fraction of sp³-hybridized carbons (Fsp3) is 0.579. The van der Waals surface area contributed by atoms with Gasteiger partial charge in [-0.15, -0.1) is 0 Å².